The molecule has 5 rings (SSSR count). The highest BCUT2D eigenvalue weighted by Crippen LogP contribution is 2.51. The highest BCUT2D eigenvalue weighted by Gasteiger charge is 2.45. The molecule has 1 heterocycles. The van der Waals surface area contributed by atoms with E-state index in [9.17, 15) is 36.6 Å². The molecule has 1 aliphatic carbocycles. The summed E-state index contributed by atoms with van der Waals surface area (Å²) in [6, 6.07) is 13.5. The summed E-state index contributed by atoms with van der Waals surface area (Å²) in [5.74, 6) is -9.91. The lowest BCUT2D eigenvalue weighted by Gasteiger charge is -2.18. The third kappa shape index (κ3) is 6.74. The Balaban J connectivity index is 1.32. The fraction of sp³-hybridized carbons (Fsp3) is 0.371. The monoisotopic (exact) mass is 627 g/mol. The van der Waals surface area contributed by atoms with Crippen LogP contribution in [0.25, 0.3) is 22.0 Å². The second-order valence-corrected chi connectivity index (χ2v) is 11.9. The molecule has 0 spiro atoms. The van der Waals surface area contributed by atoms with Gasteiger partial charge in [0.2, 0.25) is 5.82 Å². The summed E-state index contributed by atoms with van der Waals surface area (Å²) < 4.78 is 76.0. The normalized spacial score (nSPS) is 13.7. The summed E-state index contributed by atoms with van der Waals surface area (Å²) in [6.07, 6.45) is 4.85. The van der Waals surface area contributed by atoms with Gasteiger partial charge in [-0.2, -0.15) is 0 Å². The molecule has 4 aromatic rings. The zero-order chi connectivity index (χ0) is 32.3. The van der Waals surface area contributed by atoms with Crippen molar-refractivity contribution in [2.24, 2.45) is 5.41 Å². The Labute approximate surface area is 257 Å². The maximum atomic E-state index is 13.9. The number of unbranched alkanes of at least 4 members (excludes halogenated alkanes) is 2. The number of aldehydes is 1. The van der Waals surface area contributed by atoms with Crippen LogP contribution in [0.5, 0.6) is 5.75 Å². The number of halogens is 5. The van der Waals surface area contributed by atoms with Crippen LogP contribution in [-0.2, 0) is 29.0 Å². The number of carboxylic acid groups (broad SMARTS) is 1. The number of nitrogens with zero attached hydrogens (tertiary/aromatic N) is 1. The molecule has 5 nitrogen and oxygen atoms in total. The van der Waals surface area contributed by atoms with E-state index in [2.05, 4.69) is 17.6 Å². The number of carbonyl (C=O) groups excluding carboxylic acids is 1. The number of benzene rings is 3. The van der Waals surface area contributed by atoms with Crippen LogP contribution >= 0.6 is 0 Å². The number of para-hydroxylation sites is 1. The molecule has 0 bridgehead atoms. The predicted octanol–water partition coefficient (Wildman–Crippen LogP) is 8.49. The molecule has 0 unspecified atom stereocenters. The number of rotatable bonds is 15. The predicted molar refractivity (Wildman–Crippen MR) is 160 cm³/mol. The van der Waals surface area contributed by atoms with Gasteiger partial charge in [0.15, 0.2) is 23.3 Å². The number of hydrogen-bond donors (Lipinski definition) is 1. The average Bonchev–Trinajstić information content (AvgIpc) is 3.73. The second kappa shape index (κ2) is 13.4. The van der Waals surface area contributed by atoms with E-state index in [1.165, 1.54) is 0 Å². The SMILES string of the molecule is Cc1c(CCCC=O)c2cccc(-c3ccc(OCCCCc4c(F)c(F)c(F)c(F)c4F)cc3)c2n1CC1(CC(=O)O)CC1. The summed E-state index contributed by atoms with van der Waals surface area (Å²) >= 11 is 0. The van der Waals surface area contributed by atoms with Crippen molar-refractivity contribution in [3.63, 3.8) is 0 Å². The van der Waals surface area contributed by atoms with E-state index in [4.69, 9.17) is 4.74 Å². The number of aryl methyl sites for hydroxylation is 1. The van der Waals surface area contributed by atoms with Crippen LogP contribution in [0.2, 0.25) is 0 Å². The minimum atomic E-state index is -2.17. The van der Waals surface area contributed by atoms with Crippen LogP contribution in [0.15, 0.2) is 42.5 Å². The van der Waals surface area contributed by atoms with Gasteiger partial charge in [0.05, 0.1) is 18.5 Å². The smallest absolute Gasteiger partial charge is 0.303 e. The first kappa shape index (κ1) is 32.2. The third-order valence-corrected chi connectivity index (χ3v) is 8.75. The molecule has 238 valence electrons. The van der Waals surface area contributed by atoms with Crippen LogP contribution in [0.3, 0.4) is 0 Å². The van der Waals surface area contributed by atoms with Gasteiger partial charge in [0, 0.05) is 35.2 Å². The quantitative estimate of drug-likeness (QED) is 0.0472. The number of fused-ring (bicyclic) bond motifs is 1. The number of aliphatic carboxylic acids is 1. The lowest BCUT2D eigenvalue weighted by molar-refractivity contribution is -0.138. The number of carbonyl (C=O) groups is 2. The van der Waals surface area contributed by atoms with Crippen molar-refractivity contribution in [3.8, 4) is 16.9 Å². The Morgan fingerprint density at radius 3 is 2.16 bits per heavy atom. The van der Waals surface area contributed by atoms with Crippen LogP contribution in [0.4, 0.5) is 22.0 Å². The van der Waals surface area contributed by atoms with Gasteiger partial charge < -0.3 is 19.2 Å². The maximum absolute atomic E-state index is 13.9. The molecule has 0 radical (unpaired) electrons. The molecule has 0 saturated heterocycles. The summed E-state index contributed by atoms with van der Waals surface area (Å²) in [5.41, 5.74) is 4.07. The highest BCUT2D eigenvalue weighted by atomic mass is 19.2. The van der Waals surface area contributed by atoms with Crippen molar-refractivity contribution < 1.29 is 41.4 Å². The van der Waals surface area contributed by atoms with Gasteiger partial charge >= 0.3 is 5.97 Å². The van der Waals surface area contributed by atoms with Crippen molar-refractivity contribution in [2.75, 3.05) is 6.61 Å². The van der Waals surface area contributed by atoms with E-state index < -0.39 is 40.6 Å². The fourth-order valence-electron chi connectivity index (χ4n) is 6.13. The molecular formula is C35H34F5NO4. The maximum Gasteiger partial charge on any atom is 0.303 e. The Bertz CT molecular complexity index is 1700. The van der Waals surface area contributed by atoms with E-state index in [1.807, 2.05) is 24.3 Å². The van der Waals surface area contributed by atoms with Gasteiger partial charge in [0.25, 0.3) is 0 Å². The zero-order valence-corrected chi connectivity index (χ0v) is 24.9. The molecule has 1 aliphatic rings. The Hall–Kier alpha value is -4.21. The molecular weight excluding hydrogens is 593 g/mol. The fourth-order valence-corrected chi connectivity index (χ4v) is 6.13. The molecule has 1 N–H and O–H groups in total. The third-order valence-electron chi connectivity index (χ3n) is 8.75. The first-order valence-electron chi connectivity index (χ1n) is 15.1. The second-order valence-electron chi connectivity index (χ2n) is 11.9. The number of aromatic nitrogens is 1. The molecule has 3 aromatic carbocycles. The van der Waals surface area contributed by atoms with E-state index >= 15 is 0 Å². The average molecular weight is 628 g/mol. The van der Waals surface area contributed by atoms with Gasteiger partial charge in [-0.05, 0) is 80.5 Å². The van der Waals surface area contributed by atoms with Crippen molar-refractivity contribution >= 4 is 23.2 Å². The number of carboxylic acids is 1. The number of ether oxygens (including phenoxy) is 1. The first-order chi connectivity index (χ1) is 21.6. The van der Waals surface area contributed by atoms with Gasteiger partial charge in [-0.15, -0.1) is 0 Å². The molecule has 0 aliphatic heterocycles. The largest absolute Gasteiger partial charge is 0.494 e. The van der Waals surface area contributed by atoms with Crippen LogP contribution in [-0.4, -0.2) is 28.5 Å². The summed E-state index contributed by atoms with van der Waals surface area (Å²) in [5, 5.41) is 10.6. The van der Waals surface area contributed by atoms with Crippen molar-refractivity contribution in [1.82, 2.24) is 4.57 Å². The topological polar surface area (TPSA) is 68.5 Å². The lowest BCUT2D eigenvalue weighted by Crippen LogP contribution is -2.17. The van der Waals surface area contributed by atoms with Gasteiger partial charge in [-0.3, -0.25) is 4.79 Å². The summed E-state index contributed by atoms with van der Waals surface area (Å²) in [7, 11) is 0. The van der Waals surface area contributed by atoms with Gasteiger partial charge in [-0.1, -0.05) is 30.3 Å². The first-order valence-corrected chi connectivity index (χ1v) is 15.1. The molecule has 1 saturated carbocycles. The molecule has 45 heavy (non-hydrogen) atoms. The molecule has 1 fully saturated rings. The van der Waals surface area contributed by atoms with Crippen LogP contribution < -0.4 is 4.74 Å². The Morgan fingerprint density at radius 1 is 0.889 bits per heavy atom. The number of hydrogen-bond acceptors (Lipinski definition) is 3. The van der Waals surface area contributed by atoms with E-state index in [0.717, 1.165) is 65.3 Å². The lowest BCUT2D eigenvalue weighted by atomic mass is 9.99. The van der Waals surface area contributed by atoms with Crippen molar-refractivity contribution in [2.45, 2.75) is 71.3 Å². The van der Waals surface area contributed by atoms with Gasteiger partial charge in [0.1, 0.15) is 12.0 Å². The van der Waals surface area contributed by atoms with Crippen molar-refractivity contribution in [3.05, 3.63) is 88.4 Å². The Kier molecular flexibility index (Phi) is 9.60. The van der Waals surface area contributed by atoms with Crippen LogP contribution in [0, 0.1) is 41.4 Å². The summed E-state index contributed by atoms with van der Waals surface area (Å²) in [4.78, 5) is 22.6. The zero-order valence-electron chi connectivity index (χ0n) is 24.9. The van der Waals surface area contributed by atoms with Crippen LogP contribution in [0.1, 0.15) is 61.8 Å². The molecule has 0 amide bonds. The van der Waals surface area contributed by atoms with E-state index in [1.54, 1.807) is 12.1 Å². The Morgan fingerprint density at radius 2 is 1.53 bits per heavy atom. The summed E-state index contributed by atoms with van der Waals surface area (Å²) in [6.45, 7) is 2.83. The molecule has 1 aromatic heterocycles. The van der Waals surface area contributed by atoms with E-state index in [-0.39, 0.29) is 31.3 Å². The van der Waals surface area contributed by atoms with Gasteiger partial charge in [-0.25, -0.2) is 22.0 Å². The molecule has 10 heteroatoms. The highest BCUT2D eigenvalue weighted by molar-refractivity contribution is 5.97. The van der Waals surface area contributed by atoms with Crippen molar-refractivity contribution in [1.29, 1.82) is 0 Å². The standard InChI is InChI=1S/C35H34F5NO4/c1-21-24(7-2-4-17-42)26-10-6-9-25(34(26)41(21)20-35(15-16-35)19-28(43)44)22-11-13-23(14-12-22)45-18-5-3-8-27-29(36)31(38)33(40)32(39)30(27)37/h6,9-14,17H,2-5,7-8,15-16,18-20H2,1H3,(H,43,44). The minimum Gasteiger partial charge on any atom is -0.494 e. The molecule has 0 atom stereocenters. The van der Waals surface area contributed by atoms with E-state index in [0.29, 0.717) is 25.1 Å². The minimum absolute atomic E-state index is 0.113.